The Kier molecular flexibility index (Phi) is 2.81. The van der Waals surface area contributed by atoms with E-state index in [-0.39, 0.29) is 11.3 Å². The van der Waals surface area contributed by atoms with Crippen LogP contribution in [0, 0.1) is 23.7 Å². The van der Waals surface area contributed by atoms with Gasteiger partial charge < -0.3 is 0 Å². The number of hydrogen-bond acceptors (Lipinski definition) is 2. The molecule has 0 amide bonds. The molecule has 4 heteroatoms. The first kappa shape index (κ1) is 10.8. The van der Waals surface area contributed by atoms with E-state index in [0.717, 1.165) is 5.56 Å². The third-order valence-corrected chi connectivity index (χ3v) is 2.29. The molecule has 0 fully saturated rings. The van der Waals surface area contributed by atoms with Crippen LogP contribution < -0.4 is 0 Å². The first-order valence-electron chi connectivity index (χ1n) is 4.77. The average Bonchev–Trinajstić information content (AvgIpc) is 2.40. The Morgan fingerprint density at radius 1 is 1.35 bits per heavy atom. The molecule has 3 nitrogen and oxygen atoms in total. The molecule has 80 valence electrons. The fourth-order valence-electron chi connectivity index (χ4n) is 1.47. The molecular formula is C13H6FN3. The predicted molar refractivity (Wildman–Crippen MR) is 60.6 cm³/mol. The number of nitrogens with zero attached hydrogens (tertiary/aromatic N) is 3. The van der Waals surface area contributed by atoms with E-state index in [1.807, 2.05) is 0 Å². The lowest BCUT2D eigenvalue weighted by Gasteiger charge is -2.04. The Balaban J connectivity index is 2.67. The van der Waals surface area contributed by atoms with Gasteiger partial charge in [0.15, 0.2) is 0 Å². The van der Waals surface area contributed by atoms with Crippen molar-refractivity contribution in [3.8, 4) is 17.2 Å². The van der Waals surface area contributed by atoms with Gasteiger partial charge in [-0.25, -0.2) is 9.24 Å². The van der Waals surface area contributed by atoms with Gasteiger partial charge in [0, 0.05) is 12.4 Å². The second-order valence-electron chi connectivity index (χ2n) is 3.32. The van der Waals surface area contributed by atoms with E-state index >= 15 is 0 Å². The highest BCUT2D eigenvalue weighted by Crippen LogP contribution is 2.29. The summed E-state index contributed by atoms with van der Waals surface area (Å²) in [7, 11) is 0. The van der Waals surface area contributed by atoms with E-state index in [4.69, 9.17) is 11.8 Å². The highest BCUT2D eigenvalue weighted by atomic mass is 19.1. The smallest absolute Gasteiger partial charge is 0.224 e. The largest absolute Gasteiger partial charge is 0.264 e. The van der Waals surface area contributed by atoms with Gasteiger partial charge in [-0.15, -0.1) is 0 Å². The fourth-order valence-corrected chi connectivity index (χ4v) is 1.47. The SMILES string of the molecule is [C-]#[N+]c1cc(-c2cccnc2)cc(C#N)c1F. The Hall–Kier alpha value is -2.72. The first-order chi connectivity index (χ1) is 8.26. The molecular weight excluding hydrogens is 217 g/mol. The lowest BCUT2D eigenvalue weighted by molar-refractivity contribution is 0.630. The number of pyridine rings is 1. The third-order valence-electron chi connectivity index (χ3n) is 2.29. The summed E-state index contributed by atoms with van der Waals surface area (Å²) in [6.45, 7) is 6.88. The molecule has 0 aliphatic heterocycles. The maximum absolute atomic E-state index is 13.5. The van der Waals surface area contributed by atoms with Crippen molar-refractivity contribution in [1.82, 2.24) is 4.98 Å². The zero-order chi connectivity index (χ0) is 12.3. The lowest BCUT2D eigenvalue weighted by atomic mass is 10.0. The maximum Gasteiger partial charge on any atom is 0.224 e. The molecule has 1 heterocycles. The molecule has 0 bridgehead atoms. The van der Waals surface area contributed by atoms with Gasteiger partial charge in [-0.05, 0) is 29.3 Å². The van der Waals surface area contributed by atoms with Gasteiger partial charge in [0.25, 0.3) is 0 Å². The van der Waals surface area contributed by atoms with Crippen LogP contribution in [-0.4, -0.2) is 4.98 Å². The molecule has 17 heavy (non-hydrogen) atoms. The van der Waals surface area contributed by atoms with Crippen LogP contribution in [0.2, 0.25) is 0 Å². The molecule has 0 radical (unpaired) electrons. The summed E-state index contributed by atoms with van der Waals surface area (Å²) in [5, 5.41) is 8.80. The molecule has 1 aromatic carbocycles. The number of aromatic nitrogens is 1. The minimum absolute atomic E-state index is 0.127. The lowest BCUT2D eigenvalue weighted by Crippen LogP contribution is -1.87. The zero-order valence-corrected chi connectivity index (χ0v) is 8.68. The second kappa shape index (κ2) is 4.42. The minimum atomic E-state index is -0.768. The molecule has 0 atom stereocenters. The standard InChI is InChI=1S/C13H6FN3/c1-16-12-6-10(5-11(7-15)13(12)14)9-3-2-4-17-8-9/h2-6,8H. The van der Waals surface area contributed by atoms with E-state index < -0.39 is 5.82 Å². The van der Waals surface area contributed by atoms with Crippen LogP contribution >= 0.6 is 0 Å². The summed E-state index contributed by atoms with van der Waals surface area (Å²) < 4.78 is 13.5. The van der Waals surface area contributed by atoms with Crippen LogP contribution in [-0.2, 0) is 0 Å². The van der Waals surface area contributed by atoms with E-state index in [2.05, 4.69) is 9.83 Å². The van der Waals surface area contributed by atoms with Crippen LogP contribution in [0.15, 0.2) is 36.7 Å². The van der Waals surface area contributed by atoms with Gasteiger partial charge >= 0.3 is 0 Å². The molecule has 0 N–H and O–H groups in total. The maximum atomic E-state index is 13.5. The summed E-state index contributed by atoms with van der Waals surface area (Å²) in [4.78, 5) is 7.01. The van der Waals surface area contributed by atoms with Crippen LogP contribution in [0.25, 0.3) is 16.0 Å². The number of rotatable bonds is 1. The zero-order valence-electron chi connectivity index (χ0n) is 8.68. The van der Waals surface area contributed by atoms with Gasteiger partial charge in [0.05, 0.1) is 12.1 Å². The third kappa shape index (κ3) is 1.97. The second-order valence-corrected chi connectivity index (χ2v) is 3.32. The molecule has 1 aromatic heterocycles. The molecule has 0 spiro atoms. The van der Waals surface area contributed by atoms with E-state index in [1.54, 1.807) is 30.6 Å². The summed E-state index contributed by atoms with van der Waals surface area (Å²) in [5.74, 6) is -0.768. The van der Waals surface area contributed by atoms with Crippen LogP contribution in [0.5, 0.6) is 0 Å². The van der Waals surface area contributed by atoms with Gasteiger partial charge in [0.1, 0.15) is 11.9 Å². The minimum Gasteiger partial charge on any atom is -0.264 e. The number of halogens is 1. The van der Waals surface area contributed by atoms with Crippen molar-refractivity contribution in [3.63, 3.8) is 0 Å². The van der Waals surface area contributed by atoms with Crippen LogP contribution in [0.1, 0.15) is 5.56 Å². The van der Waals surface area contributed by atoms with E-state index in [1.165, 1.54) is 12.1 Å². The molecule has 0 aliphatic rings. The van der Waals surface area contributed by atoms with Gasteiger partial charge in [-0.1, -0.05) is 6.07 Å². The summed E-state index contributed by atoms with van der Waals surface area (Å²) in [5.41, 5.74) is 1.08. The molecule has 2 rings (SSSR count). The Morgan fingerprint density at radius 3 is 2.76 bits per heavy atom. The topological polar surface area (TPSA) is 41.0 Å². The van der Waals surface area contributed by atoms with Crippen molar-refractivity contribution in [2.24, 2.45) is 0 Å². The average molecular weight is 223 g/mol. The van der Waals surface area contributed by atoms with Crippen molar-refractivity contribution < 1.29 is 4.39 Å². The fraction of sp³-hybridized carbons (Fsp3) is 0. The number of benzene rings is 1. The van der Waals surface area contributed by atoms with Crippen LogP contribution in [0.4, 0.5) is 10.1 Å². The summed E-state index contributed by atoms with van der Waals surface area (Å²) in [6, 6.07) is 8.10. The normalized spacial score (nSPS) is 9.35. The van der Waals surface area contributed by atoms with Crippen molar-refractivity contribution in [2.75, 3.05) is 0 Å². The number of nitriles is 1. The van der Waals surface area contributed by atoms with Crippen molar-refractivity contribution in [2.45, 2.75) is 0 Å². The number of hydrogen-bond donors (Lipinski definition) is 0. The van der Waals surface area contributed by atoms with E-state index in [0.29, 0.717) is 5.56 Å². The highest BCUT2D eigenvalue weighted by molar-refractivity contribution is 5.70. The van der Waals surface area contributed by atoms with Crippen molar-refractivity contribution in [3.05, 3.63) is 59.5 Å². The predicted octanol–water partition coefficient (Wildman–Crippen LogP) is 3.31. The Labute approximate surface area is 97.6 Å². The molecule has 0 unspecified atom stereocenters. The Morgan fingerprint density at radius 2 is 2.18 bits per heavy atom. The van der Waals surface area contributed by atoms with Crippen LogP contribution in [0.3, 0.4) is 0 Å². The van der Waals surface area contributed by atoms with Crippen molar-refractivity contribution in [1.29, 1.82) is 5.26 Å². The molecule has 0 saturated heterocycles. The highest BCUT2D eigenvalue weighted by Gasteiger charge is 2.11. The summed E-state index contributed by atoms with van der Waals surface area (Å²) >= 11 is 0. The first-order valence-corrected chi connectivity index (χ1v) is 4.77. The quantitative estimate of drug-likeness (QED) is 0.696. The summed E-state index contributed by atoms with van der Waals surface area (Å²) in [6.07, 6.45) is 3.22. The molecule has 2 aromatic rings. The van der Waals surface area contributed by atoms with Gasteiger partial charge in [-0.3, -0.25) is 4.98 Å². The monoisotopic (exact) mass is 223 g/mol. The van der Waals surface area contributed by atoms with Gasteiger partial charge in [-0.2, -0.15) is 5.26 Å². The molecule has 0 saturated carbocycles. The molecule has 0 aliphatic carbocycles. The Bertz CT molecular complexity index is 601. The van der Waals surface area contributed by atoms with Gasteiger partial charge in [0.2, 0.25) is 5.69 Å². The van der Waals surface area contributed by atoms with E-state index in [9.17, 15) is 4.39 Å². The van der Waals surface area contributed by atoms with Crippen molar-refractivity contribution >= 4 is 5.69 Å².